The largest absolute Gasteiger partial charge is 0.496 e. The maximum absolute atomic E-state index is 12.5. The van der Waals surface area contributed by atoms with E-state index in [0.29, 0.717) is 6.42 Å². The molecule has 0 aliphatic heterocycles. The molecule has 0 radical (unpaired) electrons. The lowest BCUT2D eigenvalue weighted by atomic mass is 9.87. The van der Waals surface area contributed by atoms with Gasteiger partial charge in [0, 0.05) is 31.8 Å². The fraction of sp³-hybridized carbons (Fsp3) is 0.533. The number of ketones is 1. The summed E-state index contributed by atoms with van der Waals surface area (Å²) >= 11 is 0. The van der Waals surface area contributed by atoms with E-state index in [1.807, 2.05) is 18.2 Å². The Kier molecular flexibility index (Phi) is 4.22. The highest BCUT2D eigenvalue weighted by atomic mass is 16.5. The Morgan fingerprint density at radius 3 is 2.63 bits per heavy atom. The van der Waals surface area contributed by atoms with Gasteiger partial charge in [-0.05, 0) is 18.9 Å². The predicted octanol–water partition coefficient (Wildman–Crippen LogP) is 2.09. The molecule has 0 amide bonds. The highest BCUT2D eigenvalue weighted by Gasteiger charge is 2.43. The third-order valence-electron chi connectivity index (χ3n) is 3.77. The Bertz CT molecular complexity index is 469. The second kappa shape index (κ2) is 5.72. The van der Waals surface area contributed by atoms with E-state index in [2.05, 4.69) is 0 Å². The maximum atomic E-state index is 12.5. The highest BCUT2D eigenvalue weighted by Crippen LogP contribution is 2.38. The van der Waals surface area contributed by atoms with Crippen molar-refractivity contribution in [3.63, 3.8) is 0 Å². The molecule has 0 saturated heterocycles. The number of fused-ring (bicyclic) bond motifs is 1. The molecule has 0 fully saturated rings. The fourth-order valence-electron chi connectivity index (χ4n) is 2.82. The minimum Gasteiger partial charge on any atom is -0.496 e. The lowest BCUT2D eigenvalue weighted by Crippen LogP contribution is -2.42. The van der Waals surface area contributed by atoms with Crippen LogP contribution < -0.4 is 4.74 Å². The van der Waals surface area contributed by atoms with Crippen molar-refractivity contribution in [1.29, 1.82) is 0 Å². The minimum atomic E-state index is -1.00. The second-order valence-corrected chi connectivity index (χ2v) is 4.73. The zero-order valence-electron chi connectivity index (χ0n) is 11.7. The van der Waals surface area contributed by atoms with Gasteiger partial charge in [0.05, 0.1) is 13.7 Å². The van der Waals surface area contributed by atoms with Crippen molar-refractivity contribution in [3.8, 4) is 5.75 Å². The van der Waals surface area contributed by atoms with Crippen molar-refractivity contribution in [2.75, 3.05) is 27.9 Å². The van der Waals surface area contributed by atoms with Crippen LogP contribution in [0.15, 0.2) is 18.2 Å². The molecule has 1 aliphatic carbocycles. The smallest absolute Gasteiger partial charge is 0.174 e. The van der Waals surface area contributed by atoms with Gasteiger partial charge in [-0.3, -0.25) is 4.79 Å². The summed E-state index contributed by atoms with van der Waals surface area (Å²) in [4.78, 5) is 12.5. The van der Waals surface area contributed by atoms with Crippen LogP contribution in [0.5, 0.6) is 5.75 Å². The number of Topliss-reactive ketones (excluding diaryl/α,β-unsaturated/α-hetero) is 1. The number of ether oxygens (including phenoxy) is 3. The average Bonchev–Trinajstić information content (AvgIpc) is 2.57. The molecule has 0 aromatic heterocycles. The second-order valence-electron chi connectivity index (χ2n) is 4.73. The summed E-state index contributed by atoms with van der Waals surface area (Å²) in [5.74, 6) is 0.883. The SMILES string of the molecule is COCC1(OC)C(=O)CCCc2c(OC)cccc21. The molecule has 0 saturated carbocycles. The van der Waals surface area contributed by atoms with Crippen LogP contribution in [0.1, 0.15) is 24.0 Å². The minimum absolute atomic E-state index is 0.0730. The Morgan fingerprint density at radius 1 is 1.21 bits per heavy atom. The van der Waals surface area contributed by atoms with Gasteiger partial charge in [0.1, 0.15) is 5.75 Å². The Labute approximate surface area is 113 Å². The van der Waals surface area contributed by atoms with Gasteiger partial charge in [-0.1, -0.05) is 12.1 Å². The van der Waals surface area contributed by atoms with Gasteiger partial charge in [0.25, 0.3) is 0 Å². The Morgan fingerprint density at radius 2 is 2.00 bits per heavy atom. The molecule has 0 heterocycles. The van der Waals surface area contributed by atoms with E-state index in [9.17, 15) is 4.79 Å². The van der Waals surface area contributed by atoms with Crippen LogP contribution in [0.3, 0.4) is 0 Å². The van der Waals surface area contributed by atoms with E-state index < -0.39 is 5.60 Å². The first-order valence-electron chi connectivity index (χ1n) is 6.43. The lowest BCUT2D eigenvalue weighted by Gasteiger charge is -2.31. The van der Waals surface area contributed by atoms with Gasteiger partial charge in [-0.2, -0.15) is 0 Å². The highest BCUT2D eigenvalue weighted by molar-refractivity contribution is 5.90. The third kappa shape index (κ3) is 2.26. The summed E-state index contributed by atoms with van der Waals surface area (Å²) in [5, 5.41) is 0. The molecule has 0 spiro atoms. The molecule has 2 rings (SSSR count). The van der Waals surface area contributed by atoms with E-state index in [4.69, 9.17) is 14.2 Å². The fourth-order valence-corrected chi connectivity index (χ4v) is 2.82. The monoisotopic (exact) mass is 264 g/mol. The summed E-state index contributed by atoms with van der Waals surface area (Å²) < 4.78 is 16.3. The van der Waals surface area contributed by atoms with Crippen LogP contribution in [-0.4, -0.2) is 33.7 Å². The number of rotatable bonds is 4. The van der Waals surface area contributed by atoms with Gasteiger partial charge in [-0.25, -0.2) is 0 Å². The van der Waals surface area contributed by atoms with E-state index in [1.54, 1.807) is 21.3 Å². The van der Waals surface area contributed by atoms with E-state index in [1.165, 1.54) is 0 Å². The van der Waals surface area contributed by atoms with Crippen molar-refractivity contribution in [1.82, 2.24) is 0 Å². The van der Waals surface area contributed by atoms with Crippen LogP contribution in [-0.2, 0) is 26.3 Å². The number of carbonyl (C=O) groups is 1. The molecule has 0 bridgehead atoms. The number of benzene rings is 1. The molecule has 0 N–H and O–H groups in total. The third-order valence-corrected chi connectivity index (χ3v) is 3.77. The molecule has 1 aromatic rings. The van der Waals surface area contributed by atoms with Crippen LogP contribution in [0.4, 0.5) is 0 Å². The number of hydrogen-bond donors (Lipinski definition) is 0. The summed E-state index contributed by atoms with van der Waals surface area (Å²) in [5.41, 5.74) is 0.920. The standard InChI is InChI=1S/C15H20O4/c1-17-10-15(19-3)12-7-5-8-13(18-2)11(12)6-4-9-14(15)16/h5,7-8H,4,6,9-10H2,1-3H3. The maximum Gasteiger partial charge on any atom is 0.174 e. The first kappa shape index (κ1) is 14.0. The molecule has 4 heteroatoms. The lowest BCUT2D eigenvalue weighted by molar-refractivity contribution is -0.149. The van der Waals surface area contributed by atoms with E-state index in [-0.39, 0.29) is 12.4 Å². The van der Waals surface area contributed by atoms with E-state index >= 15 is 0 Å². The van der Waals surface area contributed by atoms with Gasteiger partial charge >= 0.3 is 0 Å². The van der Waals surface area contributed by atoms with Crippen LogP contribution >= 0.6 is 0 Å². The first-order chi connectivity index (χ1) is 9.19. The van der Waals surface area contributed by atoms with E-state index in [0.717, 1.165) is 29.7 Å². The quantitative estimate of drug-likeness (QED) is 0.781. The molecule has 4 nitrogen and oxygen atoms in total. The Hall–Kier alpha value is -1.39. The number of methoxy groups -OCH3 is 3. The first-order valence-corrected chi connectivity index (χ1v) is 6.43. The van der Waals surface area contributed by atoms with Gasteiger partial charge < -0.3 is 14.2 Å². The van der Waals surface area contributed by atoms with Crippen molar-refractivity contribution >= 4 is 5.78 Å². The molecular formula is C15H20O4. The zero-order chi connectivity index (χ0) is 13.9. The normalized spacial score (nSPS) is 22.8. The average molecular weight is 264 g/mol. The molecule has 1 unspecified atom stereocenters. The van der Waals surface area contributed by atoms with Gasteiger partial charge in [0.15, 0.2) is 11.4 Å². The molecule has 19 heavy (non-hydrogen) atoms. The molecular weight excluding hydrogens is 244 g/mol. The van der Waals surface area contributed by atoms with Crippen LogP contribution in [0.2, 0.25) is 0 Å². The molecule has 104 valence electrons. The molecule has 1 atom stereocenters. The topological polar surface area (TPSA) is 44.8 Å². The van der Waals surface area contributed by atoms with Gasteiger partial charge in [0.2, 0.25) is 0 Å². The van der Waals surface area contributed by atoms with Crippen molar-refractivity contribution in [3.05, 3.63) is 29.3 Å². The molecule has 1 aliphatic rings. The summed E-state index contributed by atoms with van der Waals surface area (Å²) in [7, 11) is 4.79. The van der Waals surface area contributed by atoms with Crippen molar-refractivity contribution < 1.29 is 19.0 Å². The summed E-state index contributed by atoms with van der Waals surface area (Å²) in [6.45, 7) is 0.225. The van der Waals surface area contributed by atoms with Crippen molar-refractivity contribution in [2.45, 2.75) is 24.9 Å². The molecule has 1 aromatic carbocycles. The summed E-state index contributed by atoms with van der Waals surface area (Å²) in [6.07, 6.45) is 2.12. The van der Waals surface area contributed by atoms with Gasteiger partial charge in [-0.15, -0.1) is 0 Å². The number of hydrogen-bond acceptors (Lipinski definition) is 4. The Balaban J connectivity index is 2.63. The van der Waals surface area contributed by atoms with Crippen molar-refractivity contribution in [2.24, 2.45) is 0 Å². The van der Waals surface area contributed by atoms with Crippen LogP contribution in [0, 0.1) is 0 Å². The number of carbonyl (C=O) groups excluding carboxylic acids is 1. The van der Waals surface area contributed by atoms with Crippen LogP contribution in [0.25, 0.3) is 0 Å². The summed E-state index contributed by atoms with van der Waals surface area (Å²) in [6, 6.07) is 5.74. The zero-order valence-corrected chi connectivity index (χ0v) is 11.7. The predicted molar refractivity (Wildman–Crippen MR) is 71.5 cm³/mol.